The van der Waals surface area contributed by atoms with E-state index in [-0.39, 0.29) is 17.7 Å². The summed E-state index contributed by atoms with van der Waals surface area (Å²) < 4.78 is 0. The Morgan fingerprint density at radius 3 is 2.72 bits per heavy atom. The molecule has 0 saturated carbocycles. The molecule has 4 heteroatoms. The Labute approximate surface area is 108 Å². The SMILES string of the molecule is CC(NCc1ccccc1O)C(=O)N1CCCC1. The summed E-state index contributed by atoms with van der Waals surface area (Å²) >= 11 is 0. The summed E-state index contributed by atoms with van der Waals surface area (Å²) in [6.45, 7) is 4.14. The first-order valence-corrected chi connectivity index (χ1v) is 6.47. The largest absolute Gasteiger partial charge is 0.508 e. The molecule has 0 aromatic heterocycles. The number of aromatic hydroxyl groups is 1. The van der Waals surface area contributed by atoms with Crippen LogP contribution in [0.15, 0.2) is 24.3 Å². The molecule has 98 valence electrons. The summed E-state index contributed by atoms with van der Waals surface area (Å²) in [5.74, 6) is 0.425. The van der Waals surface area contributed by atoms with E-state index in [0.29, 0.717) is 6.54 Å². The monoisotopic (exact) mass is 248 g/mol. The number of hydrogen-bond acceptors (Lipinski definition) is 3. The molecule has 1 aromatic rings. The molecule has 1 fully saturated rings. The Morgan fingerprint density at radius 2 is 2.06 bits per heavy atom. The van der Waals surface area contributed by atoms with Gasteiger partial charge in [-0.15, -0.1) is 0 Å². The zero-order chi connectivity index (χ0) is 13.0. The van der Waals surface area contributed by atoms with Gasteiger partial charge >= 0.3 is 0 Å². The van der Waals surface area contributed by atoms with Crippen LogP contribution in [0, 0.1) is 0 Å². The highest BCUT2D eigenvalue weighted by Gasteiger charge is 2.22. The van der Waals surface area contributed by atoms with Gasteiger partial charge in [0.25, 0.3) is 0 Å². The van der Waals surface area contributed by atoms with Crippen molar-refractivity contribution in [2.24, 2.45) is 0 Å². The van der Waals surface area contributed by atoms with E-state index in [1.807, 2.05) is 24.0 Å². The van der Waals surface area contributed by atoms with Crippen molar-refractivity contribution in [1.82, 2.24) is 10.2 Å². The van der Waals surface area contributed by atoms with Crippen LogP contribution >= 0.6 is 0 Å². The number of rotatable bonds is 4. The van der Waals surface area contributed by atoms with E-state index >= 15 is 0 Å². The number of likely N-dealkylation sites (tertiary alicyclic amines) is 1. The first kappa shape index (κ1) is 12.9. The Bertz CT molecular complexity index is 414. The zero-order valence-corrected chi connectivity index (χ0v) is 10.7. The predicted molar refractivity (Wildman–Crippen MR) is 70.2 cm³/mol. The molecule has 1 amide bonds. The predicted octanol–water partition coefficient (Wildman–Crippen LogP) is 1.49. The number of nitrogens with zero attached hydrogens (tertiary/aromatic N) is 1. The van der Waals surface area contributed by atoms with Crippen molar-refractivity contribution < 1.29 is 9.90 Å². The number of phenols is 1. The fourth-order valence-corrected chi connectivity index (χ4v) is 2.22. The van der Waals surface area contributed by atoms with Gasteiger partial charge in [0.1, 0.15) is 5.75 Å². The molecule has 1 aromatic carbocycles. The zero-order valence-electron chi connectivity index (χ0n) is 10.7. The maximum Gasteiger partial charge on any atom is 0.239 e. The Morgan fingerprint density at radius 1 is 1.39 bits per heavy atom. The number of benzene rings is 1. The van der Waals surface area contributed by atoms with Crippen molar-refractivity contribution in [3.8, 4) is 5.75 Å². The molecule has 18 heavy (non-hydrogen) atoms. The quantitative estimate of drug-likeness (QED) is 0.849. The van der Waals surface area contributed by atoms with E-state index < -0.39 is 0 Å². The molecular formula is C14H20N2O2. The van der Waals surface area contributed by atoms with Crippen molar-refractivity contribution in [3.05, 3.63) is 29.8 Å². The van der Waals surface area contributed by atoms with E-state index in [9.17, 15) is 9.90 Å². The summed E-state index contributed by atoms with van der Waals surface area (Å²) in [7, 11) is 0. The third-order valence-electron chi connectivity index (χ3n) is 3.38. The molecule has 1 heterocycles. The van der Waals surface area contributed by atoms with Crippen LogP contribution in [0.1, 0.15) is 25.3 Å². The molecule has 0 aliphatic carbocycles. The number of carbonyl (C=O) groups is 1. The lowest BCUT2D eigenvalue weighted by Gasteiger charge is -2.21. The normalized spacial score (nSPS) is 16.8. The minimum Gasteiger partial charge on any atom is -0.508 e. The minimum atomic E-state index is -0.206. The number of carbonyl (C=O) groups excluding carboxylic acids is 1. The van der Waals surface area contributed by atoms with E-state index in [1.165, 1.54) is 0 Å². The van der Waals surface area contributed by atoms with Crippen LogP contribution in [-0.4, -0.2) is 35.0 Å². The lowest BCUT2D eigenvalue weighted by Crippen LogP contribution is -2.43. The number of para-hydroxylation sites is 1. The van der Waals surface area contributed by atoms with E-state index in [4.69, 9.17) is 0 Å². The van der Waals surface area contributed by atoms with Crippen LogP contribution in [0.3, 0.4) is 0 Å². The van der Waals surface area contributed by atoms with Gasteiger partial charge in [-0.3, -0.25) is 4.79 Å². The average Bonchev–Trinajstić information content (AvgIpc) is 2.90. The first-order valence-electron chi connectivity index (χ1n) is 6.47. The fourth-order valence-electron chi connectivity index (χ4n) is 2.22. The van der Waals surface area contributed by atoms with Crippen molar-refractivity contribution in [3.63, 3.8) is 0 Å². The first-order chi connectivity index (χ1) is 8.68. The van der Waals surface area contributed by atoms with Crippen molar-refractivity contribution in [2.75, 3.05) is 13.1 Å². The van der Waals surface area contributed by atoms with Gasteiger partial charge in [0.05, 0.1) is 6.04 Å². The Hall–Kier alpha value is -1.55. The maximum absolute atomic E-state index is 12.1. The molecule has 4 nitrogen and oxygen atoms in total. The lowest BCUT2D eigenvalue weighted by molar-refractivity contribution is -0.131. The molecule has 1 aliphatic heterocycles. The van der Waals surface area contributed by atoms with Gasteiger partial charge in [0.2, 0.25) is 5.91 Å². The van der Waals surface area contributed by atoms with Crippen LogP contribution in [0.2, 0.25) is 0 Å². The molecule has 0 bridgehead atoms. The molecule has 2 rings (SSSR count). The summed E-state index contributed by atoms with van der Waals surface area (Å²) in [5.41, 5.74) is 0.818. The number of amides is 1. The molecule has 0 radical (unpaired) electrons. The highest BCUT2D eigenvalue weighted by Crippen LogP contribution is 2.15. The van der Waals surface area contributed by atoms with Crippen molar-refractivity contribution in [1.29, 1.82) is 0 Å². The molecule has 1 saturated heterocycles. The van der Waals surface area contributed by atoms with Gasteiger partial charge in [-0.25, -0.2) is 0 Å². The highest BCUT2D eigenvalue weighted by molar-refractivity contribution is 5.81. The van der Waals surface area contributed by atoms with Crippen LogP contribution in [-0.2, 0) is 11.3 Å². The molecular weight excluding hydrogens is 228 g/mol. The van der Waals surface area contributed by atoms with Crippen LogP contribution < -0.4 is 5.32 Å². The summed E-state index contributed by atoms with van der Waals surface area (Å²) in [6, 6.07) is 6.98. The van der Waals surface area contributed by atoms with E-state index in [0.717, 1.165) is 31.5 Å². The van der Waals surface area contributed by atoms with Gasteiger partial charge in [0.15, 0.2) is 0 Å². The average molecular weight is 248 g/mol. The summed E-state index contributed by atoms with van der Waals surface area (Å²) in [6.07, 6.45) is 2.22. The third kappa shape index (κ3) is 3.01. The Kier molecular flexibility index (Phi) is 4.20. The van der Waals surface area contributed by atoms with E-state index in [2.05, 4.69) is 5.32 Å². The molecule has 1 atom stereocenters. The summed E-state index contributed by atoms with van der Waals surface area (Å²) in [5, 5.41) is 12.8. The fraction of sp³-hybridized carbons (Fsp3) is 0.500. The van der Waals surface area contributed by atoms with Crippen LogP contribution in [0.4, 0.5) is 0 Å². The van der Waals surface area contributed by atoms with E-state index in [1.54, 1.807) is 12.1 Å². The minimum absolute atomic E-state index is 0.155. The maximum atomic E-state index is 12.1. The second kappa shape index (κ2) is 5.87. The highest BCUT2D eigenvalue weighted by atomic mass is 16.3. The molecule has 1 aliphatic rings. The number of nitrogens with one attached hydrogen (secondary N) is 1. The summed E-state index contributed by atoms with van der Waals surface area (Å²) in [4.78, 5) is 14.0. The topological polar surface area (TPSA) is 52.6 Å². The van der Waals surface area contributed by atoms with Gasteiger partial charge in [0, 0.05) is 25.2 Å². The van der Waals surface area contributed by atoms with Crippen molar-refractivity contribution >= 4 is 5.91 Å². The molecule has 0 spiro atoms. The second-order valence-corrected chi connectivity index (χ2v) is 4.76. The van der Waals surface area contributed by atoms with Gasteiger partial charge in [-0.1, -0.05) is 18.2 Å². The lowest BCUT2D eigenvalue weighted by atomic mass is 10.2. The second-order valence-electron chi connectivity index (χ2n) is 4.76. The number of hydrogen-bond donors (Lipinski definition) is 2. The third-order valence-corrected chi connectivity index (χ3v) is 3.38. The van der Waals surface area contributed by atoms with Crippen LogP contribution in [0.5, 0.6) is 5.75 Å². The van der Waals surface area contributed by atoms with Gasteiger partial charge < -0.3 is 15.3 Å². The van der Waals surface area contributed by atoms with Crippen LogP contribution in [0.25, 0.3) is 0 Å². The smallest absolute Gasteiger partial charge is 0.239 e. The van der Waals surface area contributed by atoms with Crippen molar-refractivity contribution in [2.45, 2.75) is 32.4 Å². The Balaban J connectivity index is 1.86. The number of phenolic OH excluding ortho intramolecular Hbond substituents is 1. The van der Waals surface area contributed by atoms with Gasteiger partial charge in [-0.2, -0.15) is 0 Å². The standard InChI is InChI=1S/C14H20N2O2/c1-11(14(18)16-8-4-5-9-16)15-10-12-6-2-3-7-13(12)17/h2-3,6-7,11,15,17H,4-5,8-10H2,1H3. The molecule has 2 N–H and O–H groups in total. The molecule has 1 unspecified atom stereocenters. The van der Waals surface area contributed by atoms with Gasteiger partial charge in [-0.05, 0) is 25.8 Å².